The Bertz CT molecular complexity index is 405. The van der Waals surface area contributed by atoms with Crippen molar-refractivity contribution in [2.75, 3.05) is 5.73 Å². The first-order chi connectivity index (χ1) is 6.07. The summed E-state index contributed by atoms with van der Waals surface area (Å²) in [4.78, 5) is 11.1. The molecule has 0 amide bonds. The third kappa shape index (κ3) is 1.44. The highest BCUT2D eigenvalue weighted by molar-refractivity contribution is 6.02. The Balaban J connectivity index is 3.53. The van der Waals surface area contributed by atoms with E-state index in [-0.39, 0.29) is 28.3 Å². The van der Waals surface area contributed by atoms with Crippen LogP contribution < -0.4 is 5.73 Å². The Morgan fingerprint density at radius 1 is 1.62 bits per heavy atom. The first-order valence-electron chi connectivity index (χ1n) is 3.60. The molecule has 1 rings (SSSR count). The molecular formula is C9H8N2O2. The molecule has 0 radical (unpaired) electrons. The van der Waals surface area contributed by atoms with Crippen molar-refractivity contribution in [3.63, 3.8) is 0 Å². The quantitative estimate of drug-likeness (QED) is 0.380. The van der Waals surface area contributed by atoms with Gasteiger partial charge in [-0.05, 0) is 19.1 Å². The van der Waals surface area contributed by atoms with Crippen LogP contribution in [0.25, 0.3) is 0 Å². The molecule has 0 aliphatic rings. The highest BCUT2D eigenvalue weighted by Crippen LogP contribution is 2.26. The fraction of sp³-hybridized carbons (Fsp3) is 0.111. The van der Waals surface area contributed by atoms with E-state index in [1.807, 2.05) is 6.07 Å². The molecule has 3 N–H and O–H groups in total. The summed E-state index contributed by atoms with van der Waals surface area (Å²) in [5, 5.41) is 17.8. The Morgan fingerprint density at radius 2 is 2.23 bits per heavy atom. The Labute approximate surface area is 75.2 Å². The summed E-state index contributed by atoms with van der Waals surface area (Å²) in [5.41, 5.74) is 5.67. The second-order valence-electron chi connectivity index (χ2n) is 2.59. The molecule has 0 spiro atoms. The zero-order chi connectivity index (χ0) is 10.0. The number of nitrogens with zero attached hydrogens (tertiary/aromatic N) is 1. The van der Waals surface area contributed by atoms with Gasteiger partial charge in [-0.1, -0.05) is 0 Å². The molecule has 66 valence electrons. The minimum atomic E-state index is -0.329. The van der Waals surface area contributed by atoms with Crippen molar-refractivity contribution in [1.29, 1.82) is 5.26 Å². The lowest BCUT2D eigenvalue weighted by Crippen LogP contribution is -2.03. The van der Waals surface area contributed by atoms with E-state index in [2.05, 4.69) is 0 Å². The molecule has 0 fully saturated rings. The van der Waals surface area contributed by atoms with Crippen molar-refractivity contribution in [2.24, 2.45) is 0 Å². The maximum absolute atomic E-state index is 11.1. The molecule has 13 heavy (non-hydrogen) atoms. The second kappa shape index (κ2) is 3.15. The van der Waals surface area contributed by atoms with Gasteiger partial charge < -0.3 is 10.8 Å². The van der Waals surface area contributed by atoms with Crippen LogP contribution in [0.4, 0.5) is 5.69 Å². The van der Waals surface area contributed by atoms with E-state index in [1.165, 1.54) is 19.1 Å². The number of rotatable bonds is 1. The average molecular weight is 176 g/mol. The van der Waals surface area contributed by atoms with Crippen LogP contribution in [0.15, 0.2) is 12.1 Å². The van der Waals surface area contributed by atoms with Gasteiger partial charge in [0.15, 0.2) is 5.78 Å². The van der Waals surface area contributed by atoms with Crippen LogP contribution in [-0.2, 0) is 0 Å². The summed E-state index contributed by atoms with van der Waals surface area (Å²) in [6.45, 7) is 1.30. The Morgan fingerprint density at radius 3 is 2.69 bits per heavy atom. The molecule has 0 heterocycles. The minimum Gasteiger partial charge on any atom is -0.506 e. The molecule has 0 bridgehead atoms. The molecule has 0 saturated carbocycles. The maximum atomic E-state index is 11.1. The van der Waals surface area contributed by atoms with Crippen molar-refractivity contribution < 1.29 is 9.90 Å². The van der Waals surface area contributed by atoms with Gasteiger partial charge in [-0.3, -0.25) is 4.79 Å². The van der Waals surface area contributed by atoms with E-state index in [4.69, 9.17) is 11.0 Å². The van der Waals surface area contributed by atoms with Gasteiger partial charge in [-0.2, -0.15) is 5.26 Å². The standard InChI is InChI=1S/C9H8N2O2/c1-5(12)8-6(4-10)2-3-7(13)9(8)11/h2-3,13H,11H2,1H3. The molecule has 1 aromatic carbocycles. The normalized spacial score (nSPS) is 9.23. The van der Waals surface area contributed by atoms with Gasteiger partial charge in [0.05, 0.1) is 22.9 Å². The largest absolute Gasteiger partial charge is 0.506 e. The number of carbonyl (C=O) groups is 1. The lowest BCUT2D eigenvalue weighted by Gasteiger charge is -2.05. The fourth-order valence-corrected chi connectivity index (χ4v) is 1.08. The molecule has 0 saturated heterocycles. The first-order valence-corrected chi connectivity index (χ1v) is 3.60. The van der Waals surface area contributed by atoms with E-state index in [1.54, 1.807) is 0 Å². The SMILES string of the molecule is CC(=O)c1c(C#N)ccc(O)c1N. The molecule has 1 aromatic rings. The van der Waals surface area contributed by atoms with Crippen LogP contribution in [0.5, 0.6) is 5.75 Å². The van der Waals surface area contributed by atoms with Crippen molar-refractivity contribution >= 4 is 11.5 Å². The Hall–Kier alpha value is -2.02. The maximum Gasteiger partial charge on any atom is 0.163 e. The molecule has 0 atom stereocenters. The third-order valence-electron chi connectivity index (χ3n) is 1.70. The van der Waals surface area contributed by atoms with E-state index in [0.717, 1.165) is 0 Å². The summed E-state index contributed by atoms with van der Waals surface area (Å²) in [5.74, 6) is -0.505. The summed E-state index contributed by atoms with van der Waals surface area (Å²) >= 11 is 0. The summed E-state index contributed by atoms with van der Waals surface area (Å²) < 4.78 is 0. The topological polar surface area (TPSA) is 87.1 Å². The number of carbonyl (C=O) groups excluding carboxylic acids is 1. The van der Waals surface area contributed by atoms with Gasteiger partial charge in [-0.25, -0.2) is 0 Å². The lowest BCUT2D eigenvalue weighted by molar-refractivity contribution is 0.101. The highest BCUT2D eigenvalue weighted by Gasteiger charge is 2.13. The molecule has 4 heteroatoms. The smallest absolute Gasteiger partial charge is 0.163 e. The second-order valence-corrected chi connectivity index (χ2v) is 2.59. The Kier molecular flexibility index (Phi) is 2.20. The monoisotopic (exact) mass is 176 g/mol. The zero-order valence-corrected chi connectivity index (χ0v) is 7.03. The number of ketones is 1. The molecule has 0 aliphatic carbocycles. The van der Waals surface area contributed by atoms with Crippen molar-refractivity contribution in [3.05, 3.63) is 23.3 Å². The van der Waals surface area contributed by atoms with Crippen LogP contribution in [-0.4, -0.2) is 10.9 Å². The van der Waals surface area contributed by atoms with Crippen LogP contribution >= 0.6 is 0 Å². The number of benzene rings is 1. The number of aromatic hydroxyl groups is 1. The van der Waals surface area contributed by atoms with Gasteiger partial charge in [0.1, 0.15) is 5.75 Å². The number of hydrogen-bond donors (Lipinski definition) is 2. The van der Waals surface area contributed by atoms with Gasteiger partial charge in [-0.15, -0.1) is 0 Å². The minimum absolute atomic E-state index is 0.0356. The van der Waals surface area contributed by atoms with E-state index in [9.17, 15) is 9.90 Å². The van der Waals surface area contributed by atoms with Gasteiger partial charge in [0.2, 0.25) is 0 Å². The van der Waals surface area contributed by atoms with E-state index in [0.29, 0.717) is 0 Å². The van der Waals surface area contributed by atoms with Crippen LogP contribution in [0.3, 0.4) is 0 Å². The molecule has 0 unspecified atom stereocenters. The number of nitriles is 1. The molecule has 4 nitrogen and oxygen atoms in total. The summed E-state index contributed by atoms with van der Waals surface area (Å²) in [6.07, 6.45) is 0. The van der Waals surface area contributed by atoms with Crippen molar-refractivity contribution in [3.8, 4) is 11.8 Å². The molecule has 0 aromatic heterocycles. The number of nitrogens with two attached hydrogens (primary N) is 1. The fourth-order valence-electron chi connectivity index (χ4n) is 1.08. The van der Waals surface area contributed by atoms with E-state index >= 15 is 0 Å². The molecular weight excluding hydrogens is 168 g/mol. The molecule has 0 aliphatic heterocycles. The van der Waals surface area contributed by atoms with Crippen molar-refractivity contribution in [2.45, 2.75) is 6.92 Å². The van der Waals surface area contributed by atoms with Crippen LogP contribution in [0.2, 0.25) is 0 Å². The highest BCUT2D eigenvalue weighted by atomic mass is 16.3. The predicted octanol–water partition coefficient (Wildman–Crippen LogP) is 1.05. The summed E-state index contributed by atoms with van der Waals surface area (Å²) in [7, 11) is 0. The number of nitrogen functional groups attached to an aromatic ring is 1. The number of anilines is 1. The predicted molar refractivity (Wildman–Crippen MR) is 47.2 cm³/mol. The number of phenols is 1. The zero-order valence-electron chi connectivity index (χ0n) is 7.03. The van der Waals surface area contributed by atoms with Crippen LogP contribution in [0, 0.1) is 11.3 Å². The van der Waals surface area contributed by atoms with Gasteiger partial charge in [0, 0.05) is 0 Å². The third-order valence-corrected chi connectivity index (χ3v) is 1.70. The number of hydrogen-bond acceptors (Lipinski definition) is 4. The van der Waals surface area contributed by atoms with Crippen molar-refractivity contribution in [1.82, 2.24) is 0 Å². The van der Waals surface area contributed by atoms with E-state index < -0.39 is 0 Å². The first kappa shape index (κ1) is 9.07. The summed E-state index contributed by atoms with van der Waals surface area (Å²) in [6, 6.07) is 4.49. The van der Waals surface area contributed by atoms with Crippen LogP contribution in [0.1, 0.15) is 22.8 Å². The average Bonchev–Trinajstić information content (AvgIpc) is 2.08. The number of phenolic OH excluding ortho intramolecular Hbond substituents is 1. The lowest BCUT2D eigenvalue weighted by atomic mass is 10.0. The number of Topliss-reactive ketones (excluding diaryl/α,β-unsaturated/α-hetero) is 1. The van der Waals surface area contributed by atoms with Gasteiger partial charge in [0.25, 0.3) is 0 Å². The van der Waals surface area contributed by atoms with Gasteiger partial charge >= 0.3 is 0 Å².